The van der Waals surface area contributed by atoms with Gasteiger partial charge >= 0.3 is 0 Å². The van der Waals surface area contributed by atoms with Gasteiger partial charge < -0.3 is 9.73 Å². The van der Waals surface area contributed by atoms with Crippen LogP contribution in [0.4, 0.5) is 0 Å². The Morgan fingerprint density at radius 2 is 1.85 bits per heavy atom. The van der Waals surface area contributed by atoms with Gasteiger partial charge in [-0.25, -0.2) is 4.98 Å². The molecule has 0 aliphatic carbocycles. The van der Waals surface area contributed by atoms with Crippen LogP contribution < -0.4 is 5.32 Å². The van der Waals surface area contributed by atoms with E-state index in [1.54, 1.807) is 18.3 Å². The van der Waals surface area contributed by atoms with Gasteiger partial charge in [-0.3, -0.25) is 14.2 Å². The second-order valence-electron chi connectivity index (χ2n) is 8.31. The molecule has 0 unspecified atom stereocenters. The molecule has 0 spiro atoms. The van der Waals surface area contributed by atoms with Gasteiger partial charge in [0.25, 0.3) is 5.91 Å². The molecule has 174 valence electrons. The summed E-state index contributed by atoms with van der Waals surface area (Å²) in [5.74, 6) is 2.08. The zero-order valence-electron chi connectivity index (χ0n) is 19.4. The van der Waals surface area contributed by atoms with E-state index in [0.29, 0.717) is 34.5 Å². The summed E-state index contributed by atoms with van der Waals surface area (Å²) in [6.07, 6.45) is 3.52. The van der Waals surface area contributed by atoms with E-state index < -0.39 is 0 Å². The van der Waals surface area contributed by atoms with Crippen LogP contribution in [-0.2, 0) is 6.54 Å². The van der Waals surface area contributed by atoms with Crippen molar-refractivity contribution >= 4 is 23.5 Å². The molecule has 4 rings (SSSR count). The minimum Gasteiger partial charge on any atom is -0.465 e. The number of amides is 1. The first-order valence-electron chi connectivity index (χ1n) is 11.1. The van der Waals surface area contributed by atoms with Gasteiger partial charge in [0.05, 0.1) is 12.3 Å². The molecule has 2 aromatic heterocycles. The Bertz CT molecular complexity index is 1290. The van der Waals surface area contributed by atoms with Crippen LogP contribution in [0.5, 0.6) is 0 Å². The maximum atomic E-state index is 12.7. The maximum absolute atomic E-state index is 12.7. The molecule has 4 aromatic rings. The second kappa shape index (κ2) is 10.6. The van der Waals surface area contributed by atoms with Crippen molar-refractivity contribution in [3.63, 3.8) is 0 Å². The molecule has 0 fully saturated rings. The van der Waals surface area contributed by atoms with Gasteiger partial charge in [-0.15, -0.1) is 0 Å². The van der Waals surface area contributed by atoms with Crippen molar-refractivity contribution in [2.45, 2.75) is 38.4 Å². The Labute approximate surface area is 203 Å². The minimum atomic E-state index is -0.190. The van der Waals surface area contributed by atoms with Gasteiger partial charge in [0.15, 0.2) is 10.9 Å². The lowest BCUT2D eigenvalue weighted by Gasteiger charge is -2.10. The summed E-state index contributed by atoms with van der Waals surface area (Å²) in [7, 11) is 0. The number of aryl methyl sites for hydroxylation is 1. The van der Waals surface area contributed by atoms with Crippen molar-refractivity contribution in [2.24, 2.45) is 0 Å². The fourth-order valence-electron chi connectivity index (χ4n) is 3.51. The lowest BCUT2D eigenvalue weighted by atomic mass is 10.0. The molecule has 0 atom stereocenters. The molecule has 0 saturated carbocycles. The van der Waals surface area contributed by atoms with E-state index in [1.165, 1.54) is 17.3 Å². The van der Waals surface area contributed by atoms with Crippen LogP contribution in [0.3, 0.4) is 0 Å². The standard InChI is InChI=1S/C27H27N3O3S/c1-18(2)20-8-10-21(11-9-20)25(31)17-34-27-28-13-14-30(27)23-6-4-5-22(15-23)26(32)29-16-24-12-7-19(3)33-24/h4-15,18H,16-17H2,1-3H3,(H,29,32). The normalized spacial score (nSPS) is 11.1. The predicted octanol–water partition coefficient (Wildman–Crippen LogP) is 5.80. The lowest BCUT2D eigenvalue weighted by Crippen LogP contribution is -2.22. The highest BCUT2D eigenvalue weighted by Gasteiger charge is 2.13. The van der Waals surface area contributed by atoms with E-state index in [9.17, 15) is 9.59 Å². The van der Waals surface area contributed by atoms with Crippen molar-refractivity contribution in [1.29, 1.82) is 0 Å². The van der Waals surface area contributed by atoms with Crippen LogP contribution in [0.25, 0.3) is 5.69 Å². The van der Waals surface area contributed by atoms with Gasteiger partial charge in [-0.2, -0.15) is 0 Å². The van der Waals surface area contributed by atoms with Crippen molar-refractivity contribution in [3.8, 4) is 5.69 Å². The smallest absolute Gasteiger partial charge is 0.251 e. The zero-order valence-corrected chi connectivity index (χ0v) is 20.3. The van der Waals surface area contributed by atoms with Gasteiger partial charge in [0.1, 0.15) is 11.5 Å². The molecule has 0 radical (unpaired) electrons. The summed E-state index contributed by atoms with van der Waals surface area (Å²) in [5, 5.41) is 3.57. The van der Waals surface area contributed by atoms with E-state index in [0.717, 1.165) is 11.4 Å². The Morgan fingerprint density at radius 3 is 2.56 bits per heavy atom. The third kappa shape index (κ3) is 5.66. The Morgan fingerprint density at radius 1 is 1.06 bits per heavy atom. The number of hydrogen-bond donors (Lipinski definition) is 1. The number of Topliss-reactive ketones (excluding diaryl/α,β-unsaturated/α-hetero) is 1. The van der Waals surface area contributed by atoms with Crippen LogP contribution in [-0.4, -0.2) is 27.0 Å². The van der Waals surface area contributed by atoms with E-state index in [1.807, 2.05) is 66.2 Å². The number of aromatic nitrogens is 2. The number of thioether (sulfide) groups is 1. The predicted molar refractivity (Wildman–Crippen MR) is 134 cm³/mol. The maximum Gasteiger partial charge on any atom is 0.251 e. The fourth-order valence-corrected chi connectivity index (χ4v) is 4.37. The molecule has 0 saturated heterocycles. The van der Waals surface area contributed by atoms with E-state index in [4.69, 9.17) is 4.42 Å². The first kappa shape index (κ1) is 23.6. The van der Waals surface area contributed by atoms with Crippen molar-refractivity contribution in [3.05, 3.63) is 101 Å². The number of carbonyl (C=O) groups is 2. The third-order valence-corrected chi connectivity index (χ3v) is 6.41. The number of rotatable bonds is 9. The summed E-state index contributed by atoms with van der Waals surface area (Å²) in [4.78, 5) is 29.7. The molecule has 7 heteroatoms. The minimum absolute atomic E-state index is 0.0520. The second-order valence-corrected chi connectivity index (χ2v) is 9.26. The Hall–Kier alpha value is -3.58. The first-order chi connectivity index (χ1) is 16.4. The van der Waals surface area contributed by atoms with Crippen LogP contribution in [0.15, 0.2) is 82.6 Å². The number of hydrogen-bond acceptors (Lipinski definition) is 5. The fraction of sp³-hybridized carbons (Fsp3) is 0.222. The highest BCUT2D eigenvalue weighted by molar-refractivity contribution is 7.99. The highest BCUT2D eigenvalue weighted by Crippen LogP contribution is 2.23. The van der Waals surface area contributed by atoms with Crippen LogP contribution in [0.1, 0.15) is 57.6 Å². The summed E-state index contributed by atoms with van der Waals surface area (Å²) in [5.41, 5.74) is 3.24. The molecule has 0 bridgehead atoms. The lowest BCUT2D eigenvalue weighted by molar-refractivity contribution is 0.0947. The largest absolute Gasteiger partial charge is 0.465 e. The Kier molecular flexibility index (Phi) is 7.33. The molecular formula is C27H27N3O3S. The average Bonchev–Trinajstić information content (AvgIpc) is 3.49. The molecule has 0 aliphatic rings. The number of ketones is 1. The number of nitrogens with one attached hydrogen (secondary N) is 1. The summed E-state index contributed by atoms with van der Waals surface area (Å²) >= 11 is 1.38. The molecular weight excluding hydrogens is 446 g/mol. The first-order valence-corrected chi connectivity index (χ1v) is 12.1. The molecule has 6 nitrogen and oxygen atoms in total. The topological polar surface area (TPSA) is 77.1 Å². The molecule has 1 N–H and O–H groups in total. The molecule has 0 aliphatic heterocycles. The van der Waals surface area contributed by atoms with Gasteiger partial charge in [-0.05, 0) is 48.7 Å². The van der Waals surface area contributed by atoms with Crippen molar-refractivity contribution in [2.75, 3.05) is 5.75 Å². The van der Waals surface area contributed by atoms with Crippen LogP contribution in [0.2, 0.25) is 0 Å². The molecule has 2 heterocycles. The summed E-state index contributed by atoms with van der Waals surface area (Å²) < 4.78 is 7.39. The van der Waals surface area contributed by atoms with E-state index in [2.05, 4.69) is 24.1 Å². The summed E-state index contributed by atoms with van der Waals surface area (Å²) in [6.45, 7) is 6.45. The number of benzene rings is 2. The average molecular weight is 474 g/mol. The Balaban J connectivity index is 1.41. The van der Waals surface area contributed by atoms with Crippen LogP contribution >= 0.6 is 11.8 Å². The van der Waals surface area contributed by atoms with Gasteiger partial charge in [0, 0.05) is 29.2 Å². The highest BCUT2D eigenvalue weighted by atomic mass is 32.2. The van der Waals surface area contributed by atoms with Gasteiger partial charge in [-0.1, -0.05) is 55.9 Å². The monoisotopic (exact) mass is 473 g/mol. The number of carbonyl (C=O) groups excluding carboxylic acids is 2. The quantitative estimate of drug-likeness (QED) is 0.245. The zero-order chi connectivity index (χ0) is 24.1. The van der Waals surface area contributed by atoms with E-state index >= 15 is 0 Å². The van der Waals surface area contributed by atoms with Crippen molar-refractivity contribution in [1.82, 2.24) is 14.9 Å². The molecule has 34 heavy (non-hydrogen) atoms. The van der Waals surface area contributed by atoms with E-state index in [-0.39, 0.29) is 17.4 Å². The van der Waals surface area contributed by atoms with Crippen LogP contribution in [0, 0.1) is 6.92 Å². The summed E-state index contributed by atoms with van der Waals surface area (Å²) in [6, 6.07) is 18.8. The third-order valence-electron chi connectivity index (χ3n) is 5.44. The SMILES string of the molecule is Cc1ccc(CNC(=O)c2cccc(-n3ccnc3SCC(=O)c3ccc(C(C)C)cc3)c2)o1. The van der Waals surface area contributed by atoms with Gasteiger partial charge in [0.2, 0.25) is 0 Å². The molecule has 2 aromatic carbocycles. The number of furan rings is 1. The number of imidazole rings is 1. The molecule has 1 amide bonds. The number of nitrogens with zero attached hydrogens (tertiary/aromatic N) is 2. The van der Waals surface area contributed by atoms with Crippen molar-refractivity contribution < 1.29 is 14.0 Å².